The summed E-state index contributed by atoms with van der Waals surface area (Å²) in [5.74, 6) is 0. The minimum Gasteiger partial charge on any atom is -0.394 e. The molecule has 1 fully saturated rings. The topological polar surface area (TPSA) is 69.9 Å². The van der Waals surface area contributed by atoms with Crippen molar-refractivity contribution in [3.8, 4) is 0 Å². The van der Waals surface area contributed by atoms with Gasteiger partial charge in [0.2, 0.25) is 0 Å². The lowest BCUT2D eigenvalue weighted by Crippen LogP contribution is -2.51. The summed E-state index contributed by atoms with van der Waals surface area (Å²) in [4.78, 5) is 0. The fourth-order valence-electron chi connectivity index (χ4n) is 1.01. The molecule has 0 saturated carbocycles. The normalized spacial score (nSPS) is 45.8. The van der Waals surface area contributed by atoms with Gasteiger partial charge in [0.15, 0.2) is 0 Å². The molecule has 4 nitrogen and oxygen atoms in total. The van der Waals surface area contributed by atoms with Crippen LogP contribution in [0.1, 0.15) is 0 Å². The zero-order chi connectivity index (χ0) is 8.43. The second-order valence-electron chi connectivity index (χ2n) is 2.55. The molecule has 1 rings (SSSR count). The zero-order valence-electron chi connectivity index (χ0n) is 5.85. The van der Waals surface area contributed by atoms with Gasteiger partial charge in [0.25, 0.3) is 0 Å². The van der Waals surface area contributed by atoms with Crippen LogP contribution in [0.2, 0.25) is 0 Å². The summed E-state index contributed by atoms with van der Waals surface area (Å²) in [5, 5.41) is 27.2. The highest BCUT2D eigenvalue weighted by molar-refractivity contribution is 14.1. The van der Waals surface area contributed by atoms with Gasteiger partial charge in [0, 0.05) is 0 Å². The highest BCUT2D eigenvalue weighted by Crippen LogP contribution is 2.20. The first-order chi connectivity index (χ1) is 5.16. The maximum atomic E-state index is 9.30. The van der Waals surface area contributed by atoms with Crippen molar-refractivity contribution in [1.82, 2.24) is 0 Å². The van der Waals surface area contributed by atoms with E-state index < -0.39 is 18.3 Å². The highest BCUT2D eigenvalue weighted by atomic mass is 127. The molecule has 0 aliphatic carbocycles. The third-order valence-corrected chi connectivity index (χ3v) is 2.85. The molecule has 0 spiro atoms. The van der Waals surface area contributed by atoms with Gasteiger partial charge in [-0.2, -0.15) is 0 Å². The Morgan fingerprint density at radius 2 is 2.00 bits per heavy atom. The van der Waals surface area contributed by atoms with Crippen molar-refractivity contribution in [1.29, 1.82) is 0 Å². The summed E-state index contributed by atoms with van der Waals surface area (Å²) in [6.45, 7) is 0.131. The average molecular weight is 274 g/mol. The maximum Gasteiger partial charge on any atom is 0.109 e. The first-order valence-electron chi connectivity index (χ1n) is 3.39. The van der Waals surface area contributed by atoms with Gasteiger partial charge in [-0.3, -0.25) is 0 Å². The maximum absolute atomic E-state index is 9.30. The van der Waals surface area contributed by atoms with Crippen LogP contribution in [-0.4, -0.2) is 50.8 Å². The van der Waals surface area contributed by atoms with Crippen molar-refractivity contribution < 1.29 is 20.1 Å². The second-order valence-corrected chi connectivity index (χ2v) is 4.15. The zero-order valence-corrected chi connectivity index (χ0v) is 8.01. The number of aliphatic hydroxyl groups excluding tert-OH is 3. The van der Waals surface area contributed by atoms with Crippen LogP contribution in [0.5, 0.6) is 0 Å². The van der Waals surface area contributed by atoms with Gasteiger partial charge < -0.3 is 20.1 Å². The predicted molar refractivity (Wildman–Crippen MR) is 46.6 cm³/mol. The standard InChI is InChI=1S/C6H11IO4/c7-3-2-11-4(1-8)6(10)5(3)9/h3-6,8-10H,1-2H2/t3?,4-,5-,6-/m1/s1. The van der Waals surface area contributed by atoms with Crippen molar-refractivity contribution >= 4 is 22.6 Å². The van der Waals surface area contributed by atoms with Crippen LogP contribution in [0.3, 0.4) is 0 Å². The first-order valence-corrected chi connectivity index (χ1v) is 4.64. The van der Waals surface area contributed by atoms with E-state index in [1.165, 1.54) is 0 Å². The summed E-state index contributed by atoms with van der Waals surface area (Å²) in [5.41, 5.74) is 0. The molecule has 1 heterocycles. The number of hydrogen-bond acceptors (Lipinski definition) is 4. The molecule has 0 aromatic heterocycles. The smallest absolute Gasteiger partial charge is 0.109 e. The number of aliphatic hydroxyl groups is 3. The largest absolute Gasteiger partial charge is 0.394 e. The molecular weight excluding hydrogens is 263 g/mol. The van der Waals surface area contributed by atoms with Gasteiger partial charge in [0.1, 0.15) is 12.2 Å². The third kappa shape index (κ3) is 2.03. The Labute approximate surface area is 78.3 Å². The van der Waals surface area contributed by atoms with Crippen LogP contribution in [0.15, 0.2) is 0 Å². The fraction of sp³-hybridized carbons (Fsp3) is 1.00. The van der Waals surface area contributed by atoms with Crippen molar-refractivity contribution in [2.45, 2.75) is 22.2 Å². The van der Waals surface area contributed by atoms with Crippen molar-refractivity contribution in [3.05, 3.63) is 0 Å². The second kappa shape index (κ2) is 3.99. The molecule has 1 aliphatic rings. The van der Waals surface area contributed by atoms with Crippen LogP contribution >= 0.6 is 22.6 Å². The summed E-state index contributed by atoms with van der Waals surface area (Å²) in [6, 6.07) is 0. The van der Waals surface area contributed by atoms with E-state index in [0.29, 0.717) is 6.61 Å². The molecule has 3 N–H and O–H groups in total. The number of alkyl halides is 1. The lowest BCUT2D eigenvalue weighted by atomic mass is 10.0. The predicted octanol–water partition coefficient (Wildman–Crippen LogP) is -1.10. The summed E-state index contributed by atoms with van der Waals surface area (Å²) < 4.78 is 4.96. The molecule has 11 heavy (non-hydrogen) atoms. The van der Waals surface area contributed by atoms with Crippen LogP contribution < -0.4 is 0 Å². The number of halogens is 1. The van der Waals surface area contributed by atoms with Crippen LogP contribution in [0.4, 0.5) is 0 Å². The van der Waals surface area contributed by atoms with E-state index in [9.17, 15) is 10.2 Å². The van der Waals surface area contributed by atoms with Crippen molar-refractivity contribution in [2.24, 2.45) is 0 Å². The number of ether oxygens (including phenoxy) is 1. The van der Waals surface area contributed by atoms with Gasteiger partial charge in [0.05, 0.1) is 23.2 Å². The monoisotopic (exact) mass is 274 g/mol. The molecule has 0 aromatic carbocycles. The molecule has 66 valence electrons. The Balaban J connectivity index is 2.52. The summed E-state index contributed by atoms with van der Waals surface area (Å²) >= 11 is 2.01. The average Bonchev–Trinajstić information content (AvgIpc) is 2.01. The summed E-state index contributed by atoms with van der Waals surface area (Å²) in [7, 11) is 0. The molecule has 4 atom stereocenters. The molecule has 1 aliphatic heterocycles. The molecule has 0 radical (unpaired) electrons. The lowest BCUT2D eigenvalue weighted by Gasteiger charge is -2.34. The van der Waals surface area contributed by atoms with Gasteiger partial charge >= 0.3 is 0 Å². The van der Waals surface area contributed by atoms with Crippen LogP contribution in [0.25, 0.3) is 0 Å². The highest BCUT2D eigenvalue weighted by Gasteiger charge is 2.36. The van der Waals surface area contributed by atoms with E-state index >= 15 is 0 Å². The molecule has 1 saturated heterocycles. The Morgan fingerprint density at radius 3 is 2.55 bits per heavy atom. The third-order valence-electron chi connectivity index (χ3n) is 1.75. The molecule has 0 amide bonds. The minimum absolute atomic E-state index is 0.0922. The van der Waals surface area contributed by atoms with E-state index in [-0.39, 0.29) is 10.5 Å². The Morgan fingerprint density at radius 1 is 1.36 bits per heavy atom. The van der Waals surface area contributed by atoms with E-state index in [1.54, 1.807) is 0 Å². The molecule has 0 aromatic rings. The van der Waals surface area contributed by atoms with Crippen molar-refractivity contribution in [2.75, 3.05) is 13.2 Å². The summed E-state index contributed by atoms with van der Waals surface area (Å²) in [6.07, 6.45) is -2.38. The van der Waals surface area contributed by atoms with E-state index in [0.717, 1.165) is 0 Å². The quantitative estimate of drug-likeness (QED) is 0.419. The minimum atomic E-state index is -0.962. The number of rotatable bonds is 1. The lowest BCUT2D eigenvalue weighted by molar-refractivity contribution is -0.141. The van der Waals surface area contributed by atoms with E-state index in [1.807, 2.05) is 22.6 Å². The molecule has 0 bridgehead atoms. The molecule has 5 heteroatoms. The fourth-order valence-corrected chi connectivity index (χ4v) is 1.64. The number of hydrogen-bond donors (Lipinski definition) is 3. The molecular formula is C6H11IO4. The SMILES string of the molecule is OC[C@H]1OCC(I)[C@@H](O)[C@@H]1O. The van der Waals surface area contributed by atoms with E-state index in [2.05, 4.69) is 0 Å². The van der Waals surface area contributed by atoms with E-state index in [4.69, 9.17) is 9.84 Å². The Kier molecular flexibility index (Phi) is 3.51. The Bertz CT molecular complexity index is 130. The Hall–Kier alpha value is 0.570. The van der Waals surface area contributed by atoms with Crippen LogP contribution in [-0.2, 0) is 4.74 Å². The van der Waals surface area contributed by atoms with Crippen LogP contribution in [0, 0.1) is 0 Å². The molecule has 1 unspecified atom stereocenters. The van der Waals surface area contributed by atoms with Gasteiger partial charge in [-0.05, 0) is 0 Å². The first kappa shape index (κ1) is 9.66. The van der Waals surface area contributed by atoms with Gasteiger partial charge in [-0.1, -0.05) is 22.6 Å². The van der Waals surface area contributed by atoms with Gasteiger partial charge in [-0.15, -0.1) is 0 Å². The van der Waals surface area contributed by atoms with Crippen molar-refractivity contribution in [3.63, 3.8) is 0 Å². The van der Waals surface area contributed by atoms with Gasteiger partial charge in [-0.25, -0.2) is 0 Å².